The lowest BCUT2D eigenvalue weighted by atomic mass is 9.97. The van der Waals surface area contributed by atoms with Crippen molar-refractivity contribution in [2.45, 2.75) is 0 Å². The summed E-state index contributed by atoms with van der Waals surface area (Å²) in [6.45, 7) is 0. The summed E-state index contributed by atoms with van der Waals surface area (Å²) < 4.78 is 2.41. The third-order valence-corrected chi connectivity index (χ3v) is 13.0. The summed E-state index contributed by atoms with van der Waals surface area (Å²) >= 11 is 0. The molecule has 0 saturated heterocycles. The van der Waals surface area contributed by atoms with Gasteiger partial charge in [0.2, 0.25) is 0 Å². The molecule has 0 N–H and O–H groups in total. The number of para-hydroxylation sites is 3. The van der Waals surface area contributed by atoms with Gasteiger partial charge in [0.25, 0.3) is 0 Å². The summed E-state index contributed by atoms with van der Waals surface area (Å²) in [7, 11) is 0. The van der Waals surface area contributed by atoms with Crippen LogP contribution < -0.4 is 4.90 Å². The lowest BCUT2D eigenvalue weighted by molar-refractivity contribution is 1.18. The molecule has 66 heavy (non-hydrogen) atoms. The normalized spacial score (nSPS) is 11.3. The van der Waals surface area contributed by atoms with Crippen molar-refractivity contribution in [2.75, 3.05) is 4.90 Å². The largest absolute Gasteiger partial charge is 0.310 e. The summed E-state index contributed by atoms with van der Waals surface area (Å²) in [5.41, 5.74) is 18.8. The standard InChI is InChI=1S/C64H44N2/c1-2-14-45(15-3-1)46-28-30-49(31-29-46)53-18-12-19-56(44-53)65(55-42-38-51(39-43-55)58-24-13-17-50-16-4-5-20-57(50)58)54-40-36-48(37-41-54)47-32-34-52(35-33-47)59-21-6-9-25-62(59)66-63-26-10-7-22-60(63)61-23-8-11-27-64(61)66/h1-44H. The number of benzene rings is 11. The molecule has 0 aliphatic heterocycles. The Kier molecular flexibility index (Phi) is 9.89. The molecule has 11 aromatic carbocycles. The van der Waals surface area contributed by atoms with Gasteiger partial charge in [0.1, 0.15) is 0 Å². The van der Waals surface area contributed by atoms with Gasteiger partial charge in [-0.3, -0.25) is 0 Å². The molecule has 12 rings (SSSR count). The highest BCUT2D eigenvalue weighted by atomic mass is 15.1. The monoisotopic (exact) mass is 840 g/mol. The van der Waals surface area contributed by atoms with E-state index in [1.807, 2.05) is 0 Å². The van der Waals surface area contributed by atoms with Crippen LogP contribution >= 0.6 is 0 Å². The average Bonchev–Trinajstić information content (AvgIpc) is 3.74. The quantitative estimate of drug-likeness (QED) is 0.141. The van der Waals surface area contributed by atoms with E-state index in [2.05, 4.69) is 276 Å². The van der Waals surface area contributed by atoms with Crippen LogP contribution in [0, 0.1) is 0 Å². The minimum Gasteiger partial charge on any atom is -0.310 e. The van der Waals surface area contributed by atoms with Crippen molar-refractivity contribution in [3.63, 3.8) is 0 Å². The van der Waals surface area contributed by atoms with E-state index in [0.29, 0.717) is 0 Å². The first-order valence-electron chi connectivity index (χ1n) is 22.7. The first-order chi connectivity index (χ1) is 32.7. The van der Waals surface area contributed by atoms with Crippen molar-refractivity contribution < 1.29 is 0 Å². The Morgan fingerprint density at radius 1 is 0.242 bits per heavy atom. The second-order valence-corrected chi connectivity index (χ2v) is 16.9. The Morgan fingerprint density at radius 2 is 0.652 bits per heavy atom. The van der Waals surface area contributed by atoms with Gasteiger partial charge in [-0.1, -0.05) is 212 Å². The van der Waals surface area contributed by atoms with Crippen molar-refractivity contribution in [1.29, 1.82) is 0 Å². The lowest BCUT2D eigenvalue weighted by Gasteiger charge is -2.26. The molecule has 0 unspecified atom stereocenters. The van der Waals surface area contributed by atoms with E-state index in [1.165, 1.54) is 93.9 Å². The Labute approximate surface area is 385 Å². The van der Waals surface area contributed by atoms with Gasteiger partial charge in [0.15, 0.2) is 0 Å². The van der Waals surface area contributed by atoms with E-state index in [9.17, 15) is 0 Å². The van der Waals surface area contributed by atoms with Gasteiger partial charge < -0.3 is 9.47 Å². The van der Waals surface area contributed by atoms with Crippen molar-refractivity contribution in [3.8, 4) is 61.3 Å². The van der Waals surface area contributed by atoms with E-state index < -0.39 is 0 Å². The molecule has 0 aliphatic carbocycles. The maximum atomic E-state index is 2.41. The smallest absolute Gasteiger partial charge is 0.0541 e. The van der Waals surface area contributed by atoms with Gasteiger partial charge in [0, 0.05) is 33.4 Å². The van der Waals surface area contributed by atoms with Gasteiger partial charge in [-0.2, -0.15) is 0 Å². The molecule has 2 heteroatoms. The summed E-state index contributed by atoms with van der Waals surface area (Å²) in [5.74, 6) is 0. The molecular weight excluding hydrogens is 797 g/mol. The molecule has 310 valence electrons. The third-order valence-electron chi connectivity index (χ3n) is 13.0. The maximum absolute atomic E-state index is 2.41. The molecule has 0 radical (unpaired) electrons. The fourth-order valence-corrected chi connectivity index (χ4v) is 9.76. The molecule has 0 amide bonds. The van der Waals surface area contributed by atoms with Crippen molar-refractivity contribution in [3.05, 3.63) is 267 Å². The second-order valence-electron chi connectivity index (χ2n) is 16.9. The lowest BCUT2D eigenvalue weighted by Crippen LogP contribution is -2.10. The molecule has 0 spiro atoms. The van der Waals surface area contributed by atoms with E-state index in [0.717, 1.165) is 17.1 Å². The minimum atomic E-state index is 1.09. The molecule has 2 nitrogen and oxygen atoms in total. The number of rotatable bonds is 9. The number of nitrogens with zero attached hydrogens (tertiary/aromatic N) is 2. The number of aromatic nitrogens is 1. The molecule has 0 aliphatic rings. The third kappa shape index (κ3) is 7.12. The van der Waals surface area contributed by atoms with Gasteiger partial charge >= 0.3 is 0 Å². The number of hydrogen-bond donors (Lipinski definition) is 0. The van der Waals surface area contributed by atoms with Gasteiger partial charge in [-0.25, -0.2) is 0 Å². The molecule has 0 atom stereocenters. The van der Waals surface area contributed by atoms with E-state index in [1.54, 1.807) is 0 Å². The van der Waals surface area contributed by atoms with Gasteiger partial charge in [0.05, 0.1) is 16.7 Å². The topological polar surface area (TPSA) is 8.17 Å². The van der Waals surface area contributed by atoms with Crippen molar-refractivity contribution >= 4 is 49.6 Å². The first-order valence-corrected chi connectivity index (χ1v) is 22.7. The number of fused-ring (bicyclic) bond motifs is 4. The zero-order valence-electron chi connectivity index (χ0n) is 36.3. The molecule has 1 aromatic heterocycles. The van der Waals surface area contributed by atoms with E-state index >= 15 is 0 Å². The SMILES string of the molecule is c1ccc(-c2ccc(-c3cccc(N(c4ccc(-c5ccc(-c6ccccc6-n6c7ccccc7c7ccccc76)cc5)cc4)c4ccc(-c5cccc6ccccc56)cc4)c3)cc2)cc1. The molecular formula is C64H44N2. The number of anilines is 3. The zero-order chi connectivity index (χ0) is 43.8. The van der Waals surface area contributed by atoms with Crippen LogP contribution in [0.25, 0.3) is 93.9 Å². The van der Waals surface area contributed by atoms with Crippen LogP contribution in [0.5, 0.6) is 0 Å². The molecule has 0 fully saturated rings. The number of hydrogen-bond acceptors (Lipinski definition) is 1. The summed E-state index contributed by atoms with van der Waals surface area (Å²) in [4.78, 5) is 2.37. The fraction of sp³-hybridized carbons (Fsp3) is 0. The Balaban J connectivity index is 0.888. The van der Waals surface area contributed by atoms with Crippen LogP contribution in [0.2, 0.25) is 0 Å². The van der Waals surface area contributed by atoms with Crippen LogP contribution in [0.3, 0.4) is 0 Å². The highest BCUT2D eigenvalue weighted by Gasteiger charge is 2.17. The molecule has 0 bridgehead atoms. The zero-order valence-corrected chi connectivity index (χ0v) is 36.3. The van der Waals surface area contributed by atoms with E-state index in [-0.39, 0.29) is 0 Å². The summed E-state index contributed by atoms with van der Waals surface area (Å²) in [6.07, 6.45) is 0. The van der Waals surface area contributed by atoms with Gasteiger partial charge in [-0.05, 0) is 115 Å². The van der Waals surface area contributed by atoms with Crippen molar-refractivity contribution in [2.24, 2.45) is 0 Å². The van der Waals surface area contributed by atoms with Gasteiger partial charge in [-0.15, -0.1) is 0 Å². The highest BCUT2D eigenvalue weighted by molar-refractivity contribution is 6.09. The predicted octanol–water partition coefficient (Wildman–Crippen LogP) is 17.7. The second kappa shape index (κ2) is 16.8. The van der Waals surface area contributed by atoms with E-state index in [4.69, 9.17) is 0 Å². The first kappa shape index (κ1) is 38.9. The van der Waals surface area contributed by atoms with Crippen LogP contribution in [0.15, 0.2) is 267 Å². The Morgan fingerprint density at radius 3 is 1.30 bits per heavy atom. The predicted molar refractivity (Wildman–Crippen MR) is 280 cm³/mol. The highest BCUT2D eigenvalue weighted by Crippen LogP contribution is 2.41. The Bertz CT molecular complexity index is 3600. The molecule has 1 heterocycles. The Hall–Kier alpha value is -8.72. The van der Waals surface area contributed by atoms with Crippen LogP contribution in [-0.4, -0.2) is 4.57 Å². The van der Waals surface area contributed by atoms with Crippen LogP contribution in [0.4, 0.5) is 17.1 Å². The van der Waals surface area contributed by atoms with Crippen LogP contribution in [-0.2, 0) is 0 Å². The maximum Gasteiger partial charge on any atom is 0.0541 e. The summed E-state index contributed by atoms with van der Waals surface area (Å²) in [5, 5.41) is 5.03. The molecule has 0 saturated carbocycles. The minimum absolute atomic E-state index is 1.09. The fourth-order valence-electron chi connectivity index (χ4n) is 9.76. The molecule has 12 aromatic rings. The van der Waals surface area contributed by atoms with Crippen molar-refractivity contribution in [1.82, 2.24) is 4.57 Å². The van der Waals surface area contributed by atoms with Crippen LogP contribution in [0.1, 0.15) is 0 Å². The summed E-state index contributed by atoms with van der Waals surface area (Å²) in [6, 6.07) is 96.7. The average molecular weight is 841 g/mol.